The average molecular weight is 427 g/mol. The number of hydrogen-bond acceptors (Lipinski definition) is 3. The number of aliphatic hydroxyl groups excluding tert-OH is 1. The normalized spacial score (nSPS) is 14.7. The van der Waals surface area contributed by atoms with Gasteiger partial charge in [0.25, 0.3) is 0 Å². The SMILES string of the molecule is CS(=O)(=O)C(Br)(Br)[C@H](O)c1ccc(Cl)cc1Cl. The van der Waals surface area contributed by atoms with Gasteiger partial charge in [-0.05, 0) is 12.1 Å². The Morgan fingerprint density at radius 3 is 2.29 bits per heavy atom. The minimum absolute atomic E-state index is 0.192. The van der Waals surface area contributed by atoms with E-state index in [1.54, 1.807) is 0 Å². The molecule has 0 saturated heterocycles. The predicted octanol–water partition coefficient (Wildman–Crippen LogP) is 3.52. The average Bonchev–Trinajstić information content (AvgIpc) is 2.14. The Morgan fingerprint density at radius 1 is 1.35 bits per heavy atom. The summed E-state index contributed by atoms with van der Waals surface area (Å²) in [7, 11) is -3.58. The number of sulfone groups is 1. The standard InChI is InChI=1S/C9H8Br2Cl2O3S/c1-17(15,16)9(10,11)8(14)6-3-2-5(12)4-7(6)13/h2-4,8,14H,1H3/t8-/m1/s1. The van der Waals surface area contributed by atoms with Gasteiger partial charge in [-0.25, -0.2) is 8.42 Å². The second-order valence-electron chi connectivity index (χ2n) is 3.40. The summed E-state index contributed by atoms with van der Waals surface area (Å²) in [6.07, 6.45) is -0.383. The van der Waals surface area contributed by atoms with Crippen LogP contribution in [0.25, 0.3) is 0 Å². The smallest absolute Gasteiger partial charge is 0.210 e. The Morgan fingerprint density at radius 2 is 1.88 bits per heavy atom. The van der Waals surface area contributed by atoms with Crippen LogP contribution in [-0.2, 0) is 9.84 Å². The molecule has 8 heteroatoms. The summed E-state index contributed by atoms with van der Waals surface area (Å²) >= 11 is 17.5. The molecule has 0 saturated carbocycles. The van der Waals surface area contributed by atoms with E-state index >= 15 is 0 Å². The molecule has 1 aromatic rings. The summed E-state index contributed by atoms with van der Waals surface area (Å²) in [5, 5.41) is 10.6. The van der Waals surface area contributed by atoms with Gasteiger partial charge in [0.15, 0.2) is 9.84 Å². The molecule has 1 atom stereocenters. The molecular weight excluding hydrogens is 419 g/mol. The molecule has 0 spiro atoms. The number of alkyl halides is 2. The third-order valence-corrected chi connectivity index (χ3v) is 8.24. The molecule has 0 aliphatic heterocycles. The molecular formula is C9H8Br2Cl2O3S. The van der Waals surface area contributed by atoms with Crippen molar-refractivity contribution in [2.24, 2.45) is 0 Å². The van der Waals surface area contributed by atoms with Crippen LogP contribution in [0.15, 0.2) is 18.2 Å². The van der Waals surface area contributed by atoms with E-state index < -0.39 is 18.5 Å². The van der Waals surface area contributed by atoms with Crippen molar-refractivity contribution in [2.75, 3.05) is 6.26 Å². The number of aliphatic hydroxyl groups is 1. The van der Waals surface area contributed by atoms with Crippen LogP contribution in [0.3, 0.4) is 0 Å². The highest BCUT2D eigenvalue weighted by Gasteiger charge is 2.44. The Balaban J connectivity index is 3.26. The van der Waals surface area contributed by atoms with Gasteiger partial charge in [0.05, 0.1) is 0 Å². The Bertz CT molecular complexity index is 531. The minimum atomic E-state index is -3.58. The fourth-order valence-electron chi connectivity index (χ4n) is 1.11. The summed E-state index contributed by atoms with van der Waals surface area (Å²) in [6, 6.07) is 4.42. The summed E-state index contributed by atoms with van der Waals surface area (Å²) in [5.41, 5.74) is 0.259. The van der Waals surface area contributed by atoms with Gasteiger partial charge in [0.2, 0.25) is 2.57 Å². The molecule has 1 N–H and O–H groups in total. The second-order valence-corrected chi connectivity index (χ2v) is 11.0. The predicted molar refractivity (Wildman–Crippen MR) is 76.9 cm³/mol. The molecule has 0 aliphatic carbocycles. The van der Waals surface area contributed by atoms with E-state index in [4.69, 9.17) is 23.2 Å². The molecule has 96 valence electrons. The van der Waals surface area contributed by atoms with E-state index in [1.165, 1.54) is 18.2 Å². The van der Waals surface area contributed by atoms with Crippen LogP contribution in [0, 0.1) is 0 Å². The number of benzene rings is 1. The molecule has 0 amide bonds. The highest BCUT2D eigenvalue weighted by molar-refractivity contribution is 9.27. The van der Waals surface area contributed by atoms with Crippen LogP contribution >= 0.6 is 55.1 Å². The Labute approximate surface area is 126 Å². The lowest BCUT2D eigenvalue weighted by atomic mass is 10.1. The van der Waals surface area contributed by atoms with Gasteiger partial charge in [-0.3, -0.25) is 0 Å². The zero-order valence-corrected chi connectivity index (χ0v) is 14.0. The van der Waals surface area contributed by atoms with Crippen molar-refractivity contribution >= 4 is 64.9 Å². The summed E-state index contributed by atoms with van der Waals surface area (Å²) in [4.78, 5) is 0. The number of rotatable bonds is 3. The summed E-state index contributed by atoms with van der Waals surface area (Å²) in [6.45, 7) is 0. The molecule has 0 bridgehead atoms. The minimum Gasteiger partial charge on any atom is -0.385 e. The van der Waals surface area contributed by atoms with Crippen molar-refractivity contribution in [1.82, 2.24) is 0 Å². The zero-order chi connectivity index (χ0) is 13.4. The summed E-state index contributed by atoms with van der Waals surface area (Å²) in [5.74, 6) is 0. The second kappa shape index (κ2) is 5.35. The molecule has 0 radical (unpaired) electrons. The van der Waals surface area contributed by atoms with Crippen LogP contribution in [0.4, 0.5) is 0 Å². The largest absolute Gasteiger partial charge is 0.385 e. The lowest BCUT2D eigenvalue weighted by Crippen LogP contribution is -2.31. The van der Waals surface area contributed by atoms with Crippen LogP contribution in [-0.4, -0.2) is 22.3 Å². The van der Waals surface area contributed by atoms with E-state index in [9.17, 15) is 13.5 Å². The van der Waals surface area contributed by atoms with E-state index in [0.29, 0.717) is 5.02 Å². The number of halogens is 4. The fraction of sp³-hybridized carbons (Fsp3) is 0.333. The first kappa shape index (κ1) is 15.7. The van der Waals surface area contributed by atoms with Gasteiger partial charge in [0, 0.05) is 21.9 Å². The van der Waals surface area contributed by atoms with Gasteiger partial charge in [-0.15, -0.1) is 0 Å². The quantitative estimate of drug-likeness (QED) is 0.752. The Kier molecular flexibility index (Phi) is 4.95. The molecule has 17 heavy (non-hydrogen) atoms. The fourth-order valence-corrected chi connectivity index (χ4v) is 2.64. The third kappa shape index (κ3) is 3.36. The molecule has 1 rings (SSSR count). The number of hydrogen-bond donors (Lipinski definition) is 1. The van der Waals surface area contributed by atoms with Crippen LogP contribution in [0.2, 0.25) is 10.0 Å². The van der Waals surface area contributed by atoms with Gasteiger partial charge in [-0.1, -0.05) is 61.1 Å². The van der Waals surface area contributed by atoms with Crippen molar-refractivity contribution in [3.05, 3.63) is 33.8 Å². The molecule has 0 fully saturated rings. The first-order valence-corrected chi connectivity index (χ1v) is 8.51. The highest BCUT2D eigenvalue weighted by atomic mass is 79.9. The maximum Gasteiger partial charge on any atom is 0.210 e. The maximum absolute atomic E-state index is 11.5. The van der Waals surface area contributed by atoms with Gasteiger partial charge < -0.3 is 5.11 Å². The van der Waals surface area contributed by atoms with Crippen molar-refractivity contribution in [3.63, 3.8) is 0 Å². The lowest BCUT2D eigenvalue weighted by Gasteiger charge is -2.25. The van der Waals surface area contributed by atoms with Gasteiger partial charge >= 0.3 is 0 Å². The zero-order valence-electron chi connectivity index (χ0n) is 8.49. The topological polar surface area (TPSA) is 54.4 Å². The van der Waals surface area contributed by atoms with E-state index in [-0.39, 0.29) is 10.6 Å². The maximum atomic E-state index is 11.5. The molecule has 0 unspecified atom stereocenters. The van der Waals surface area contributed by atoms with Crippen molar-refractivity contribution in [1.29, 1.82) is 0 Å². The first-order valence-electron chi connectivity index (χ1n) is 4.28. The van der Waals surface area contributed by atoms with E-state index in [2.05, 4.69) is 31.9 Å². The Hall–Kier alpha value is 0.670. The lowest BCUT2D eigenvalue weighted by molar-refractivity contribution is 0.189. The van der Waals surface area contributed by atoms with Crippen molar-refractivity contribution < 1.29 is 13.5 Å². The van der Waals surface area contributed by atoms with E-state index in [1.807, 2.05) is 0 Å². The summed E-state index contributed by atoms with van der Waals surface area (Å²) < 4.78 is 21.4. The van der Waals surface area contributed by atoms with Gasteiger partial charge in [0.1, 0.15) is 6.10 Å². The monoisotopic (exact) mass is 424 g/mol. The van der Waals surface area contributed by atoms with Crippen LogP contribution in [0.5, 0.6) is 0 Å². The van der Waals surface area contributed by atoms with Gasteiger partial charge in [-0.2, -0.15) is 0 Å². The third-order valence-electron chi connectivity index (χ3n) is 2.07. The highest BCUT2D eigenvalue weighted by Crippen LogP contribution is 2.45. The molecule has 0 heterocycles. The molecule has 1 aromatic carbocycles. The van der Waals surface area contributed by atoms with Crippen molar-refractivity contribution in [2.45, 2.75) is 8.67 Å². The van der Waals surface area contributed by atoms with Crippen LogP contribution in [0.1, 0.15) is 11.7 Å². The first-order chi connectivity index (χ1) is 7.57. The van der Waals surface area contributed by atoms with E-state index in [0.717, 1.165) is 6.26 Å². The molecule has 0 aromatic heterocycles. The van der Waals surface area contributed by atoms with Crippen molar-refractivity contribution in [3.8, 4) is 0 Å². The molecule has 0 aliphatic rings. The van der Waals surface area contributed by atoms with Crippen LogP contribution < -0.4 is 0 Å². The molecule has 3 nitrogen and oxygen atoms in total.